The third kappa shape index (κ3) is 3.71. The average molecular weight is 289 g/mol. The predicted octanol–water partition coefficient (Wildman–Crippen LogP) is 1.74. The SMILES string of the molecule is Cc1ccc2nc(NCCOC3CCC(N)CC3)nn2c1. The fraction of sp³-hybridized carbons (Fsp3) is 0.600. The van der Waals surface area contributed by atoms with E-state index in [2.05, 4.69) is 15.4 Å². The summed E-state index contributed by atoms with van der Waals surface area (Å²) in [7, 11) is 0. The highest BCUT2D eigenvalue weighted by molar-refractivity contribution is 5.43. The molecule has 3 rings (SSSR count). The molecule has 1 saturated carbocycles. The molecule has 6 heteroatoms. The van der Waals surface area contributed by atoms with Crippen molar-refractivity contribution in [1.82, 2.24) is 14.6 Å². The van der Waals surface area contributed by atoms with Gasteiger partial charge in [-0.1, -0.05) is 6.07 Å². The van der Waals surface area contributed by atoms with Crippen LogP contribution in [-0.4, -0.2) is 39.9 Å². The monoisotopic (exact) mass is 289 g/mol. The minimum Gasteiger partial charge on any atom is -0.376 e. The number of aryl methyl sites for hydroxylation is 1. The van der Waals surface area contributed by atoms with Gasteiger partial charge in [-0.25, -0.2) is 4.52 Å². The first-order valence-corrected chi connectivity index (χ1v) is 7.65. The Morgan fingerprint density at radius 3 is 2.95 bits per heavy atom. The van der Waals surface area contributed by atoms with Crippen molar-refractivity contribution in [3.05, 3.63) is 23.9 Å². The number of pyridine rings is 1. The number of nitrogens with one attached hydrogen (secondary N) is 1. The van der Waals surface area contributed by atoms with Gasteiger partial charge in [0.25, 0.3) is 0 Å². The van der Waals surface area contributed by atoms with Crippen LogP contribution in [0.4, 0.5) is 5.95 Å². The third-order valence-electron chi connectivity index (χ3n) is 3.94. The third-order valence-corrected chi connectivity index (χ3v) is 3.94. The highest BCUT2D eigenvalue weighted by Gasteiger charge is 2.18. The molecule has 0 saturated heterocycles. The molecule has 0 spiro atoms. The molecule has 3 N–H and O–H groups in total. The standard InChI is InChI=1S/C15H23N5O/c1-11-2-7-14-18-15(19-20(14)10-11)17-8-9-21-13-5-3-12(16)4-6-13/h2,7,10,12-13H,3-6,8-9,16H2,1H3,(H,17,19). The van der Waals surface area contributed by atoms with Gasteiger partial charge in [0.1, 0.15) is 0 Å². The Balaban J connectivity index is 1.44. The Bertz CT molecular complexity index is 589. The molecule has 1 aliphatic rings. The van der Waals surface area contributed by atoms with E-state index in [1.165, 1.54) is 0 Å². The summed E-state index contributed by atoms with van der Waals surface area (Å²) in [5.41, 5.74) is 7.91. The maximum atomic E-state index is 5.89. The summed E-state index contributed by atoms with van der Waals surface area (Å²) in [6.07, 6.45) is 6.63. The van der Waals surface area contributed by atoms with E-state index in [-0.39, 0.29) is 0 Å². The van der Waals surface area contributed by atoms with E-state index in [0.29, 0.717) is 24.7 Å². The van der Waals surface area contributed by atoms with E-state index in [1.807, 2.05) is 25.3 Å². The van der Waals surface area contributed by atoms with E-state index < -0.39 is 0 Å². The minimum absolute atomic E-state index is 0.364. The molecule has 1 fully saturated rings. The van der Waals surface area contributed by atoms with Gasteiger partial charge < -0.3 is 15.8 Å². The maximum absolute atomic E-state index is 5.89. The molecule has 1 aliphatic carbocycles. The number of hydrogen-bond donors (Lipinski definition) is 2. The van der Waals surface area contributed by atoms with Gasteiger partial charge in [-0.2, -0.15) is 4.98 Å². The van der Waals surface area contributed by atoms with Gasteiger partial charge in [0.2, 0.25) is 5.95 Å². The van der Waals surface area contributed by atoms with Gasteiger partial charge >= 0.3 is 0 Å². The van der Waals surface area contributed by atoms with Crippen LogP contribution in [0.1, 0.15) is 31.2 Å². The number of anilines is 1. The van der Waals surface area contributed by atoms with E-state index in [9.17, 15) is 0 Å². The second-order valence-electron chi connectivity index (χ2n) is 5.78. The van der Waals surface area contributed by atoms with Crippen LogP contribution in [0.5, 0.6) is 0 Å². The predicted molar refractivity (Wildman–Crippen MR) is 82.4 cm³/mol. The number of aromatic nitrogens is 3. The molecule has 114 valence electrons. The molecule has 21 heavy (non-hydrogen) atoms. The van der Waals surface area contributed by atoms with Crippen molar-refractivity contribution in [2.24, 2.45) is 5.73 Å². The molecule has 0 aromatic carbocycles. The zero-order chi connectivity index (χ0) is 14.7. The molecular weight excluding hydrogens is 266 g/mol. The summed E-state index contributed by atoms with van der Waals surface area (Å²) in [5.74, 6) is 0.648. The molecule has 2 aromatic rings. The zero-order valence-corrected chi connectivity index (χ0v) is 12.5. The highest BCUT2D eigenvalue weighted by atomic mass is 16.5. The summed E-state index contributed by atoms with van der Waals surface area (Å²) in [5, 5.41) is 7.60. The molecule has 2 aromatic heterocycles. The van der Waals surface area contributed by atoms with Crippen LogP contribution in [-0.2, 0) is 4.74 Å². The van der Waals surface area contributed by atoms with Crippen LogP contribution >= 0.6 is 0 Å². The molecule has 0 radical (unpaired) electrons. The van der Waals surface area contributed by atoms with Crippen molar-refractivity contribution < 1.29 is 4.74 Å². The van der Waals surface area contributed by atoms with E-state index in [0.717, 1.165) is 43.4 Å². The van der Waals surface area contributed by atoms with Crippen molar-refractivity contribution in [3.63, 3.8) is 0 Å². The topological polar surface area (TPSA) is 77.5 Å². The van der Waals surface area contributed by atoms with Gasteiger partial charge in [-0.05, 0) is 44.2 Å². The number of nitrogens with zero attached hydrogens (tertiary/aromatic N) is 3. The van der Waals surface area contributed by atoms with Crippen molar-refractivity contribution in [1.29, 1.82) is 0 Å². The first-order valence-electron chi connectivity index (χ1n) is 7.65. The second kappa shape index (κ2) is 6.41. The molecule has 0 bridgehead atoms. The van der Waals surface area contributed by atoms with Crippen LogP contribution in [0.3, 0.4) is 0 Å². The van der Waals surface area contributed by atoms with Crippen LogP contribution in [0, 0.1) is 6.92 Å². The number of fused-ring (bicyclic) bond motifs is 1. The number of rotatable bonds is 5. The van der Waals surface area contributed by atoms with Crippen LogP contribution < -0.4 is 11.1 Å². The second-order valence-corrected chi connectivity index (χ2v) is 5.78. The lowest BCUT2D eigenvalue weighted by Gasteiger charge is -2.26. The number of ether oxygens (including phenoxy) is 1. The molecule has 2 heterocycles. The van der Waals surface area contributed by atoms with Crippen LogP contribution in [0.15, 0.2) is 18.3 Å². The summed E-state index contributed by atoms with van der Waals surface area (Å²) in [4.78, 5) is 4.42. The van der Waals surface area contributed by atoms with E-state index >= 15 is 0 Å². The molecule has 6 nitrogen and oxygen atoms in total. The average Bonchev–Trinajstić information content (AvgIpc) is 2.87. The smallest absolute Gasteiger partial charge is 0.243 e. The van der Waals surface area contributed by atoms with Crippen LogP contribution in [0.2, 0.25) is 0 Å². The fourth-order valence-electron chi connectivity index (χ4n) is 2.70. The van der Waals surface area contributed by atoms with Gasteiger partial charge in [-0.15, -0.1) is 5.10 Å². The van der Waals surface area contributed by atoms with Crippen LogP contribution in [0.25, 0.3) is 5.65 Å². The van der Waals surface area contributed by atoms with Crippen molar-refractivity contribution in [3.8, 4) is 0 Å². The number of hydrogen-bond acceptors (Lipinski definition) is 5. The van der Waals surface area contributed by atoms with Gasteiger partial charge in [0, 0.05) is 18.8 Å². The Morgan fingerprint density at radius 1 is 1.33 bits per heavy atom. The van der Waals surface area contributed by atoms with Crippen molar-refractivity contribution in [2.45, 2.75) is 44.8 Å². The first kappa shape index (κ1) is 14.3. The number of nitrogens with two attached hydrogens (primary N) is 1. The lowest BCUT2D eigenvalue weighted by molar-refractivity contribution is 0.0312. The molecule has 0 aliphatic heterocycles. The largest absolute Gasteiger partial charge is 0.376 e. The van der Waals surface area contributed by atoms with Gasteiger partial charge in [0.15, 0.2) is 5.65 Å². The molecular formula is C15H23N5O. The Hall–Kier alpha value is -1.66. The first-order chi connectivity index (χ1) is 10.2. The Kier molecular flexibility index (Phi) is 4.36. The minimum atomic E-state index is 0.364. The quantitative estimate of drug-likeness (QED) is 0.820. The summed E-state index contributed by atoms with van der Waals surface area (Å²) >= 11 is 0. The normalized spacial score (nSPS) is 22.6. The Morgan fingerprint density at radius 2 is 2.14 bits per heavy atom. The maximum Gasteiger partial charge on any atom is 0.243 e. The molecule has 0 atom stereocenters. The summed E-state index contributed by atoms with van der Waals surface area (Å²) in [6.45, 7) is 3.44. The van der Waals surface area contributed by atoms with Gasteiger partial charge in [-0.3, -0.25) is 0 Å². The van der Waals surface area contributed by atoms with Gasteiger partial charge in [0.05, 0.1) is 12.7 Å². The lowest BCUT2D eigenvalue weighted by Crippen LogP contribution is -2.31. The van der Waals surface area contributed by atoms with Crippen molar-refractivity contribution >= 4 is 11.6 Å². The lowest BCUT2D eigenvalue weighted by atomic mass is 9.94. The fourth-order valence-corrected chi connectivity index (χ4v) is 2.70. The zero-order valence-electron chi connectivity index (χ0n) is 12.5. The van der Waals surface area contributed by atoms with Crippen molar-refractivity contribution in [2.75, 3.05) is 18.5 Å². The van der Waals surface area contributed by atoms with E-state index in [1.54, 1.807) is 4.52 Å². The Labute approximate surface area is 124 Å². The summed E-state index contributed by atoms with van der Waals surface area (Å²) < 4.78 is 7.66. The molecule has 0 unspecified atom stereocenters. The van der Waals surface area contributed by atoms with E-state index in [4.69, 9.17) is 10.5 Å². The highest BCUT2D eigenvalue weighted by Crippen LogP contribution is 2.19. The summed E-state index contributed by atoms with van der Waals surface area (Å²) in [6, 6.07) is 4.37. The molecule has 0 amide bonds.